The highest BCUT2D eigenvalue weighted by atomic mass is 32.1. The highest BCUT2D eigenvalue weighted by Crippen LogP contribution is 2.41. The predicted molar refractivity (Wildman–Crippen MR) is 76.2 cm³/mol. The molecule has 2 atom stereocenters. The number of hydrogen-bond donors (Lipinski definition) is 1. The van der Waals surface area contributed by atoms with E-state index in [9.17, 15) is 9.90 Å². The zero-order chi connectivity index (χ0) is 13.6. The number of aromatic nitrogens is 1. The number of thiazole rings is 1. The molecule has 0 radical (unpaired) electrons. The van der Waals surface area contributed by atoms with Gasteiger partial charge in [0, 0.05) is 13.1 Å². The van der Waals surface area contributed by atoms with Gasteiger partial charge in [-0.15, -0.1) is 0 Å². The van der Waals surface area contributed by atoms with E-state index >= 15 is 0 Å². The molecular formula is C14H20N2O2S. The molecule has 1 aromatic heterocycles. The van der Waals surface area contributed by atoms with Crippen molar-refractivity contribution in [1.29, 1.82) is 0 Å². The van der Waals surface area contributed by atoms with Crippen molar-refractivity contribution in [2.24, 2.45) is 11.8 Å². The standard InChI is InChI=1S/C14H20N2O2S/c1-8(2)11-12(13(17)18)19-14(15-11)16-6-9-4-3-5-10(9)7-16/h8-10H,3-7H2,1-2H3,(H,17,18). The van der Waals surface area contributed by atoms with Crippen LogP contribution in [0, 0.1) is 11.8 Å². The third-order valence-corrected chi connectivity index (χ3v) is 5.50. The molecule has 0 aromatic carbocycles. The van der Waals surface area contributed by atoms with Crippen LogP contribution in [0.25, 0.3) is 0 Å². The van der Waals surface area contributed by atoms with Crippen LogP contribution in [-0.4, -0.2) is 29.1 Å². The lowest BCUT2D eigenvalue weighted by Crippen LogP contribution is -2.20. The van der Waals surface area contributed by atoms with Crippen molar-refractivity contribution in [3.05, 3.63) is 10.6 Å². The lowest BCUT2D eigenvalue weighted by Gasteiger charge is -2.15. The number of nitrogens with zero attached hydrogens (tertiary/aromatic N) is 2. The molecule has 2 aliphatic rings. The Hall–Kier alpha value is -1.10. The first kappa shape index (κ1) is 12.9. The molecule has 1 saturated heterocycles. The fraction of sp³-hybridized carbons (Fsp3) is 0.714. The van der Waals surface area contributed by atoms with E-state index in [0.717, 1.165) is 35.8 Å². The number of fused-ring (bicyclic) bond motifs is 1. The minimum atomic E-state index is -0.841. The molecule has 104 valence electrons. The quantitative estimate of drug-likeness (QED) is 0.923. The van der Waals surface area contributed by atoms with E-state index in [4.69, 9.17) is 0 Å². The molecule has 1 aliphatic carbocycles. The van der Waals surface area contributed by atoms with Crippen LogP contribution in [0.1, 0.15) is 54.4 Å². The fourth-order valence-corrected chi connectivity index (χ4v) is 4.47. The van der Waals surface area contributed by atoms with Gasteiger partial charge in [-0.3, -0.25) is 0 Å². The summed E-state index contributed by atoms with van der Waals surface area (Å²) >= 11 is 1.35. The van der Waals surface area contributed by atoms with Gasteiger partial charge < -0.3 is 10.0 Å². The van der Waals surface area contributed by atoms with Crippen LogP contribution >= 0.6 is 11.3 Å². The maximum Gasteiger partial charge on any atom is 0.347 e. The molecule has 2 unspecified atom stereocenters. The number of carboxylic acids is 1. The first-order valence-corrected chi connectivity index (χ1v) is 7.87. The summed E-state index contributed by atoms with van der Waals surface area (Å²) in [4.78, 5) is 18.6. The van der Waals surface area contributed by atoms with Crippen molar-refractivity contribution in [1.82, 2.24) is 4.98 Å². The molecule has 19 heavy (non-hydrogen) atoms. The average Bonchev–Trinajstić information content (AvgIpc) is 3.01. The Bertz CT molecular complexity index is 486. The van der Waals surface area contributed by atoms with Crippen molar-refractivity contribution in [3.8, 4) is 0 Å². The van der Waals surface area contributed by atoms with Crippen molar-refractivity contribution < 1.29 is 9.90 Å². The molecule has 1 aliphatic heterocycles. The summed E-state index contributed by atoms with van der Waals surface area (Å²) in [5, 5.41) is 10.2. The maximum atomic E-state index is 11.3. The Morgan fingerprint density at radius 1 is 1.37 bits per heavy atom. The van der Waals surface area contributed by atoms with E-state index in [2.05, 4.69) is 9.88 Å². The van der Waals surface area contributed by atoms with E-state index < -0.39 is 5.97 Å². The second-order valence-electron chi connectivity index (χ2n) is 6.03. The molecule has 0 spiro atoms. The molecule has 0 amide bonds. The Kier molecular flexibility index (Phi) is 3.25. The summed E-state index contributed by atoms with van der Waals surface area (Å²) in [5.74, 6) is 0.935. The van der Waals surface area contributed by atoms with Crippen LogP contribution in [0.2, 0.25) is 0 Å². The number of carboxylic acid groups (broad SMARTS) is 1. The molecule has 1 N–H and O–H groups in total. The monoisotopic (exact) mass is 280 g/mol. The predicted octanol–water partition coefficient (Wildman–Crippen LogP) is 3.20. The minimum absolute atomic E-state index is 0.165. The highest BCUT2D eigenvalue weighted by Gasteiger charge is 2.37. The summed E-state index contributed by atoms with van der Waals surface area (Å²) in [6.07, 6.45) is 4.02. The van der Waals surface area contributed by atoms with Gasteiger partial charge >= 0.3 is 5.97 Å². The van der Waals surface area contributed by atoms with E-state index in [-0.39, 0.29) is 5.92 Å². The topological polar surface area (TPSA) is 53.4 Å². The highest BCUT2D eigenvalue weighted by molar-refractivity contribution is 7.17. The smallest absolute Gasteiger partial charge is 0.347 e. The van der Waals surface area contributed by atoms with E-state index in [1.165, 1.54) is 30.6 Å². The van der Waals surface area contributed by atoms with E-state index in [1.54, 1.807) is 0 Å². The van der Waals surface area contributed by atoms with Gasteiger partial charge in [-0.25, -0.2) is 9.78 Å². The number of hydrogen-bond acceptors (Lipinski definition) is 4. The largest absolute Gasteiger partial charge is 0.477 e. The first-order chi connectivity index (χ1) is 9.06. The van der Waals surface area contributed by atoms with Crippen LogP contribution in [0.3, 0.4) is 0 Å². The fourth-order valence-electron chi connectivity index (χ4n) is 3.39. The zero-order valence-corrected chi connectivity index (χ0v) is 12.2. The molecule has 0 bridgehead atoms. The van der Waals surface area contributed by atoms with Gasteiger partial charge in [0.15, 0.2) is 5.13 Å². The first-order valence-electron chi connectivity index (χ1n) is 7.05. The van der Waals surface area contributed by atoms with Gasteiger partial charge in [-0.1, -0.05) is 31.6 Å². The third kappa shape index (κ3) is 2.24. The van der Waals surface area contributed by atoms with Gasteiger partial charge in [0.1, 0.15) is 4.88 Å². The van der Waals surface area contributed by atoms with Crippen LogP contribution < -0.4 is 4.90 Å². The Balaban J connectivity index is 1.86. The van der Waals surface area contributed by atoms with Gasteiger partial charge in [-0.05, 0) is 30.6 Å². The normalized spacial score (nSPS) is 26.2. The van der Waals surface area contributed by atoms with Gasteiger partial charge in [0.2, 0.25) is 0 Å². The molecule has 2 heterocycles. The average molecular weight is 280 g/mol. The van der Waals surface area contributed by atoms with Crippen LogP contribution in [-0.2, 0) is 0 Å². The molecule has 5 heteroatoms. The Morgan fingerprint density at radius 2 is 2.00 bits per heavy atom. The minimum Gasteiger partial charge on any atom is -0.477 e. The lowest BCUT2D eigenvalue weighted by molar-refractivity contribution is 0.0700. The van der Waals surface area contributed by atoms with Gasteiger partial charge in [0.25, 0.3) is 0 Å². The molecule has 3 rings (SSSR count). The van der Waals surface area contributed by atoms with Gasteiger partial charge in [-0.2, -0.15) is 0 Å². The number of anilines is 1. The van der Waals surface area contributed by atoms with Crippen LogP contribution in [0.5, 0.6) is 0 Å². The Labute approximate surface area is 117 Å². The summed E-state index contributed by atoms with van der Waals surface area (Å²) < 4.78 is 0. The number of rotatable bonds is 3. The van der Waals surface area contributed by atoms with Crippen molar-refractivity contribution in [3.63, 3.8) is 0 Å². The van der Waals surface area contributed by atoms with Crippen molar-refractivity contribution in [2.75, 3.05) is 18.0 Å². The number of carbonyl (C=O) groups is 1. The summed E-state index contributed by atoms with van der Waals surface area (Å²) in [6.45, 7) is 6.14. The van der Waals surface area contributed by atoms with Crippen LogP contribution in [0.15, 0.2) is 0 Å². The molecule has 1 saturated carbocycles. The second-order valence-corrected chi connectivity index (χ2v) is 7.00. The van der Waals surface area contributed by atoms with Crippen molar-refractivity contribution >= 4 is 22.4 Å². The second kappa shape index (κ2) is 4.78. The lowest BCUT2D eigenvalue weighted by atomic mass is 10.0. The molecule has 1 aromatic rings. The zero-order valence-electron chi connectivity index (χ0n) is 11.4. The van der Waals surface area contributed by atoms with Gasteiger partial charge in [0.05, 0.1) is 5.69 Å². The summed E-state index contributed by atoms with van der Waals surface area (Å²) in [5.41, 5.74) is 0.740. The summed E-state index contributed by atoms with van der Waals surface area (Å²) in [6, 6.07) is 0. The Morgan fingerprint density at radius 3 is 2.47 bits per heavy atom. The molecule has 2 fully saturated rings. The molecule has 4 nitrogen and oxygen atoms in total. The van der Waals surface area contributed by atoms with Crippen LogP contribution in [0.4, 0.5) is 5.13 Å². The van der Waals surface area contributed by atoms with Crippen molar-refractivity contribution in [2.45, 2.75) is 39.0 Å². The number of aromatic carboxylic acids is 1. The summed E-state index contributed by atoms with van der Waals surface area (Å²) in [7, 11) is 0. The van der Waals surface area contributed by atoms with E-state index in [1.807, 2.05) is 13.8 Å². The molecular weight excluding hydrogens is 260 g/mol. The SMILES string of the molecule is CC(C)c1nc(N2CC3CCCC3C2)sc1C(=O)O. The third-order valence-electron chi connectivity index (χ3n) is 4.38. The van der Waals surface area contributed by atoms with E-state index in [0.29, 0.717) is 4.88 Å². The maximum absolute atomic E-state index is 11.3.